The Labute approximate surface area is 114 Å². The van der Waals surface area contributed by atoms with Gasteiger partial charge in [0.1, 0.15) is 0 Å². The van der Waals surface area contributed by atoms with Crippen molar-refractivity contribution in [1.29, 1.82) is 0 Å². The molecule has 0 aliphatic heterocycles. The van der Waals surface area contributed by atoms with Gasteiger partial charge in [-0.2, -0.15) is 0 Å². The van der Waals surface area contributed by atoms with E-state index in [1.165, 1.54) is 33.2 Å². The number of hydrogen-bond acceptors (Lipinski definition) is 0. The number of rotatable bonds is 2. The minimum atomic E-state index is 0.950. The molecule has 19 heavy (non-hydrogen) atoms. The van der Waals surface area contributed by atoms with Gasteiger partial charge in [0.2, 0.25) is 0 Å². The van der Waals surface area contributed by atoms with Gasteiger partial charge in [-0.3, -0.25) is 0 Å². The zero-order valence-electron chi connectivity index (χ0n) is 11.8. The molecule has 1 nitrogen and oxygen atoms in total. The molecule has 96 valence electrons. The largest absolute Gasteiger partial charge is 0.343 e. The normalized spacial score (nSPS) is 11.1. The molecule has 0 fully saturated rings. The molecule has 0 unspecified atom stereocenters. The molecule has 1 aromatic heterocycles. The zero-order chi connectivity index (χ0) is 13.4. The van der Waals surface area contributed by atoms with Crippen molar-refractivity contribution >= 4 is 10.9 Å². The first kappa shape index (κ1) is 12.0. The molecule has 0 saturated carbocycles. The highest BCUT2D eigenvalue weighted by Crippen LogP contribution is 2.22. The number of aryl methyl sites for hydroxylation is 3. The molecule has 0 aliphatic rings. The summed E-state index contributed by atoms with van der Waals surface area (Å²) in [6.45, 7) is 7.51. The minimum absolute atomic E-state index is 0.950. The first-order valence-corrected chi connectivity index (χ1v) is 6.76. The Hall–Kier alpha value is -2.02. The molecule has 0 N–H and O–H groups in total. The Bertz CT molecular complexity index is 714. The predicted molar refractivity (Wildman–Crippen MR) is 81.7 cm³/mol. The van der Waals surface area contributed by atoms with Crippen LogP contribution in [0.5, 0.6) is 0 Å². The van der Waals surface area contributed by atoms with Crippen molar-refractivity contribution in [3.63, 3.8) is 0 Å². The van der Waals surface area contributed by atoms with Gasteiger partial charge in [-0.25, -0.2) is 0 Å². The lowest BCUT2D eigenvalue weighted by Gasteiger charge is -2.12. The van der Waals surface area contributed by atoms with Crippen LogP contribution < -0.4 is 0 Å². The van der Waals surface area contributed by atoms with Crippen LogP contribution >= 0.6 is 0 Å². The standard InChI is InChI=1S/C18H19N/c1-13-8-5-9-18-16(13)10-11-19(18)12-17-14(2)6-4-7-15(17)3/h4-11H,12H2,1-3H3. The molecule has 0 aliphatic carbocycles. The van der Waals surface area contributed by atoms with Crippen molar-refractivity contribution < 1.29 is 0 Å². The quantitative estimate of drug-likeness (QED) is 0.625. The first-order valence-electron chi connectivity index (χ1n) is 6.76. The fourth-order valence-electron chi connectivity index (χ4n) is 2.78. The highest BCUT2D eigenvalue weighted by atomic mass is 14.9. The second kappa shape index (κ2) is 4.58. The van der Waals surface area contributed by atoms with E-state index in [4.69, 9.17) is 0 Å². The Balaban J connectivity index is 2.09. The third-order valence-corrected chi connectivity index (χ3v) is 4.00. The van der Waals surface area contributed by atoms with Crippen LogP contribution in [0.25, 0.3) is 10.9 Å². The lowest BCUT2D eigenvalue weighted by Crippen LogP contribution is -2.02. The molecule has 0 atom stereocenters. The molecule has 1 heteroatoms. The van der Waals surface area contributed by atoms with E-state index >= 15 is 0 Å². The molecule has 0 amide bonds. The van der Waals surface area contributed by atoms with E-state index in [0.717, 1.165) is 6.54 Å². The van der Waals surface area contributed by atoms with Crippen LogP contribution in [0.2, 0.25) is 0 Å². The highest BCUT2D eigenvalue weighted by Gasteiger charge is 2.06. The van der Waals surface area contributed by atoms with Crippen molar-refractivity contribution in [3.05, 3.63) is 70.9 Å². The summed E-state index contributed by atoms with van der Waals surface area (Å²) in [5.74, 6) is 0. The average molecular weight is 249 g/mol. The maximum absolute atomic E-state index is 2.34. The lowest BCUT2D eigenvalue weighted by molar-refractivity contribution is 0.823. The van der Waals surface area contributed by atoms with Crippen molar-refractivity contribution in [3.8, 4) is 0 Å². The van der Waals surface area contributed by atoms with E-state index < -0.39 is 0 Å². The van der Waals surface area contributed by atoms with Crippen LogP contribution in [-0.4, -0.2) is 4.57 Å². The molecule has 0 bridgehead atoms. The maximum atomic E-state index is 2.34. The lowest BCUT2D eigenvalue weighted by atomic mass is 10.0. The van der Waals surface area contributed by atoms with Gasteiger partial charge < -0.3 is 4.57 Å². The molecule has 3 aromatic rings. The Morgan fingerprint density at radius 3 is 2.16 bits per heavy atom. The summed E-state index contributed by atoms with van der Waals surface area (Å²) in [5.41, 5.74) is 6.84. The fraction of sp³-hybridized carbons (Fsp3) is 0.222. The van der Waals surface area contributed by atoms with Gasteiger partial charge in [0.15, 0.2) is 0 Å². The van der Waals surface area contributed by atoms with Crippen molar-refractivity contribution in [1.82, 2.24) is 4.57 Å². The number of hydrogen-bond donors (Lipinski definition) is 0. The average Bonchev–Trinajstić information content (AvgIpc) is 2.79. The summed E-state index contributed by atoms with van der Waals surface area (Å²) >= 11 is 0. The zero-order valence-corrected chi connectivity index (χ0v) is 11.8. The molecular weight excluding hydrogens is 230 g/mol. The highest BCUT2D eigenvalue weighted by molar-refractivity contribution is 5.83. The Morgan fingerprint density at radius 1 is 0.789 bits per heavy atom. The van der Waals surface area contributed by atoms with Crippen LogP contribution in [0, 0.1) is 20.8 Å². The summed E-state index contributed by atoms with van der Waals surface area (Å²) < 4.78 is 2.34. The molecule has 0 saturated heterocycles. The molecular formula is C18H19N. The number of benzene rings is 2. The number of fused-ring (bicyclic) bond motifs is 1. The van der Waals surface area contributed by atoms with E-state index in [1.54, 1.807) is 0 Å². The maximum Gasteiger partial charge on any atom is 0.0486 e. The van der Waals surface area contributed by atoms with Crippen LogP contribution in [0.1, 0.15) is 22.3 Å². The van der Waals surface area contributed by atoms with Crippen molar-refractivity contribution in [2.45, 2.75) is 27.3 Å². The summed E-state index contributed by atoms with van der Waals surface area (Å²) in [6.07, 6.45) is 2.20. The van der Waals surface area contributed by atoms with Gasteiger partial charge in [-0.05, 0) is 55.2 Å². The molecule has 1 heterocycles. The molecule has 3 rings (SSSR count). The van der Waals surface area contributed by atoms with Crippen molar-refractivity contribution in [2.75, 3.05) is 0 Å². The summed E-state index contributed by atoms with van der Waals surface area (Å²) in [7, 11) is 0. The fourth-order valence-corrected chi connectivity index (χ4v) is 2.78. The monoisotopic (exact) mass is 249 g/mol. The van der Waals surface area contributed by atoms with Gasteiger partial charge >= 0.3 is 0 Å². The number of aromatic nitrogens is 1. The Kier molecular flexibility index (Phi) is 2.90. The van der Waals surface area contributed by atoms with Crippen LogP contribution in [0.4, 0.5) is 0 Å². The summed E-state index contributed by atoms with van der Waals surface area (Å²) in [6, 6.07) is 15.3. The van der Waals surface area contributed by atoms with Gasteiger partial charge in [0, 0.05) is 23.6 Å². The third-order valence-electron chi connectivity index (χ3n) is 4.00. The third kappa shape index (κ3) is 2.06. The van der Waals surface area contributed by atoms with Crippen LogP contribution in [0.15, 0.2) is 48.7 Å². The second-order valence-corrected chi connectivity index (χ2v) is 5.32. The molecule has 0 radical (unpaired) electrons. The van der Waals surface area contributed by atoms with E-state index in [1.807, 2.05) is 0 Å². The molecule has 0 spiro atoms. The summed E-state index contributed by atoms with van der Waals surface area (Å²) in [4.78, 5) is 0. The van der Waals surface area contributed by atoms with E-state index in [9.17, 15) is 0 Å². The van der Waals surface area contributed by atoms with E-state index in [-0.39, 0.29) is 0 Å². The topological polar surface area (TPSA) is 4.93 Å². The van der Waals surface area contributed by atoms with Gasteiger partial charge in [-0.15, -0.1) is 0 Å². The van der Waals surface area contributed by atoms with Gasteiger partial charge in [0.05, 0.1) is 0 Å². The summed E-state index contributed by atoms with van der Waals surface area (Å²) in [5, 5.41) is 1.36. The number of nitrogens with zero attached hydrogens (tertiary/aromatic N) is 1. The van der Waals surface area contributed by atoms with Gasteiger partial charge in [0.25, 0.3) is 0 Å². The SMILES string of the molecule is Cc1cccc(C)c1Cn1ccc2c(C)cccc21. The van der Waals surface area contributed by atoms with Gasteiger partial charge in [-0.1, -0.05) is 30.3 Å². The molecule has 2 aromatic carbocycles. The second-order valence-electron chi connectivity index (χ2n) is 5.32. The van der Waals surface area contributed by atoms with Crippen molar-refractivity contribution in [2.24, 2.45) is 0 Å². The van der Waals surface area contributed by atoms with Crippen LogP contribution in [0.3, 0.4) is 0 Å². The van der Waals surface area contributed by atoms with E-state index in [2.05, 4.69) is 74.0 Å². The first-order chi connectivity index (χ1) is 9.16. The van der Waals surface area contributed by atoms with E-state index in [0.29, 0.717) is 0 Å². The smallest absolute Gasteiger partial charge is 0.0486 e. The minimum Gasteiger partial charge on any atom is -0.343 e. The predicted octanol–water partition coefficient (Wildman–Crippen LogP) is 4.61. The van der Waals surface area contributed by atoms with Crippen LogP contribution in [-0.2, 0) is 6.54 Å². The Morgan fingerprint density at radius 2 is 1.42 bits per heavy atom.